The number of fused-ring (bicyclic) bond motifs is 1. The fourth-order valence-electron chi connectivity index (χ4n) is 3.22. The number of aromatic nitrogens is 3. The molecule has 0 unspecified atom stereocenters. The van der Waals surface area contributed by atoms with Crippen molar-refractivity contribution in [3.8, 4) is 11.8 Å². The lowest BCUT2D eigenvalue weighted by Crippen LogP contribution is -2.35. The molecule has 0 aliphatic carbocycles. The van der Waals surface area contributed by atoms with Crippen LogP contribution in [0.1, 0.15) is 35.3 Å². The highest BCUT2D eigenvalue weighted by atomic mass is 16.2. The van der Waals surface area contributed by atoms with Gasteiger partial charge in [0.2, 0.25) is 0 Å². The van der Waals surface area contributed by atoms with Crippen molar-refractivity contribution in [1.29, 1.82) is 5.26 Å². The van der Waals surface area contributed by atoms with Crippen LogP contribution in [0.2, 0.25) is 0 Å². The number of carbonyl (C=O) groups excluding carboxylic acids is 1. The van der Waals surface area contributed by atoms with E-state index in [1.165, 1.54) is 6.42 Å². The quantitative estimate of drug-likeness (QED) is 0.723. The molecule has 1 aliphatic rings. The fourth-order valence-corrected chi connectivity index (χ4v) is 3.22. The van der Waals surface area contributed by atoms with Crippen LogP contribution in [-0.2, 0) is 0 Å². The molecule has 25 heavy (non-hydrogen) atoms. The molecule has 0 spiro atoms. The van der Waals surface area contributed by atoms with E-state index < -0.39 is 0 Å². The number of likely N-dealkylation sites (tertiary alicyclic amines) is 1. The number of nitriles is 1. The van der Waals surface area contributed by atoms with Crippen molar-refractivity contribution in [3.05, 3.63) is 54.1 Å². The van der Waals surface area contributed by atoms with Gasteiger partial charge in [-0.25, -0.2) is 9.97 Å². The molecule has 1 aliphatic heterocycles. The zero-order valence-electron chi connectivity index (χ0n) is 13.7. The maximum Gasteiger partial charge on any atom is 0.255 e. The number of hydrogen-bond donors (Lipinski definition) is 0. The van der Waals surface area contributed by atoms with Crippen molar-refractivity contribution >= 4 is 16.9 Å². The zero-order valence-corrected chi connectivity index (χ0v) is 13.7. The number of nitrogens with zero attached hydrogens (tertiary/aromatic N) is 5. The zero-order chi connectivity index (χ0) is 17.2. The molecule has 1 amide bonds. The van der Waals surface area contributed by atoms with Crippen LogP contribution < -0.4 is 0 Å². The Labute approximate surface area is 145 Å². The van der Waals surface area contributed by atoms with Crippen molar-refractivity contribution in [1.82, 2.24) is 19.4 Å². The molecular weight excluding hydrogens is 314 g/mol. The van der Waals surface area contributed by atoms with Gasteiger partial charge in [0.25, 0.3) is 5.91 Å². The van der Waals surface area contributed by atoms with E-state index in [1.54, 1.807) is 18.5 Å². The van der Waals surface area contributed by atoms with E-state index in [-0.39, 0.29) is 5.91 Å². The second-order valence-corrected chi connectivity index (χ2v) is 6.19. The average Bonchev–Trinajstić information content (AvgIpc) is 3.11. The van der Waals surface area contributed by atoms with Gasteiger partial charge in [-0.05, 0) is 43.5 Å². The molecule has 4 heterocycles. The van der Waals surface area contributed by atoms with Crippen LogP contribution >= 0.6 is 0 Å². The lowest BCUT2D eigenvalue weighted by Gasteiger charge is -2.26. The molecule has 1 saturated heterocycles. The molecule has 3 aromatic rings. The van der Waals surface area contributed by atoms with Gasteiger partial charge in [-0.3, -0.25) is 9.36 Å². The molecule has 0 saturated carbocycles. The fraction of sp³-hybridized carbons (Fsp3) is 0.263. The number of pyridine rings is 2. The van der Waals surface area contributed by atoms with E-state index in [9.17, 15) is 4.79 Å². The summed E-state index contributed by atoms with van der Waals surface area (Å²) in [5, 5.41) is 9.76. The van der Waals surface area contributed by atoms with E-state index in [2.05, 4.69) is 9.97 Å². The number of carbonyl (C=O) groups is 1. The first-order valence-corrected chi connectivity index (χ1v) is 8.39. The van der Waals surface area contributed by atoms with Gasteiger partial charge in [0.1, 0.15) is 17.4 Å². The van der Waals surface area contributed by atoms with Crippen LogP contribution in [0.15, 0.2) is 42.9 Å². The number of hydrogen-bond acceptors (Lipinski definition) is 4. The van der Waals surface area contributed by atoms with Gasteiger partial charge < -0.3 is 4.90 Å². The van der Waals surface area contributed by atoms with Gasteiger partial charge in [0.15, 0.2) is 0 Å². The number of piperidine rings is 1. The minimum Gasteiger partial charge on any atom is -0.339 e. The Balaban J connectivity index is 1.66. The van der Waals surface area contributed by atoms with Crippen molar-refractivity contribution in [2.45, 2.75) is 19.3 Å². The monoisotopic (exact) mass is 331 g/mol. The standard InChI is InChI=1S/C19H17N5O/c20-11-16-4-5-17(13-21-16)24-9-6-14-10-15(12-22-18(14)24)19(25)23-7-2-1-3-8-23/h4-6,9-10,12-13H,1-3,7-8H2. The maximum absolute atomic E-state index is 12.6. The Morgan fingerprint density at radius 1 is 1.08 bits per heavy atom. The van der Waals surface area contributed by atoms with E-state index in [0.717, 1.165) is 42.7 Å². The summed E-state index contributed by atoms with van der Waals surface area (Å²) in [5.41, 5.74) is 2.60. The molecule has 3 aromatic heterocycles. The maximum atomic E-state index is 12.6. The van der Waals surface area contributed by atoms with Crippen molar-refractivity contribution in [2.24, 2.45) is 0 Å². The smallest absolute Gasteiger partial charge is 0.255 e. The first-order chi connectivity index (χ1) is 12.3. The summed E-state index contributed by atoms with van der Waals surface area (Å²) in [6.07, 6.45) is 8.53. The summed E-state index contributed by atoms with van der Waals surface area (Å²) in [6, 6.07) is 9.35. The van der Waals surface area contributed by atoms with Crippen molar-refractivity contribution in [2.75, 3.05) is 13.1 Å². The molecule has 0 bridgehead atoms. The predicted molar refractivity (Wildman–Crippen MR) is 93.3 cm³/mol. The SMILES string of the molecule is N#Cc1ccc(-n2ccc3cc(C(=O)N4CCCCC4)cnc32)cn1. The summed E-state index contributed by atoms with van der Waals surface area (Å²) >= 11 is 0. The van der Waals surface area contributed by atoms with Crippen LogP contribution in [0, 0.1) is 11.3 Å². The van der Waals surface area contributed by atoms with E-state index in [4.69, 9.17) is 5.26 Å². The van der Waals surface area contributed by atoms with Gasteiger partial charge in [0, 0.05) is 30.9 Å². The van der Waals surface area contributed by atoms with Crippen LogP contribution in [0.5, 0.6) is 0 Å². The van der Waals surface area contributed by atoms with Crippen LogP contribution in [-0.4, -0.2) is 38.4 Å². The Morgan fingerprint density at radius 2 is 1.92 bits per heavy atom. The van der Waals surface area contributed by atoms with Gasteiger partial charge in [0.05, 0.1) is 17.4 Å². The Hall–Kier alpha value is -3.20. The molecule has 0 aromatic carbocycles. The largest absolute Gasteiger partial charge is 0.339 e. The summed E-state index contributed by atoms with van der Waals surface area (Å²) in [6.45, 7) is 1.66. The average molecular weight is 331 g/mol. The second-order valence-electron chi connectivity index (χ2n) is 6.19. The lowest BCUT2D eigenvalue weighted by molar-refractivity contribution is 0.0724. The number of rotatable bonds is 2. The molecule has 0 atom stereocenters. The Bertz CT molecular complexity index is 962. The first kappa shape index (κ1) is 15.3. The van der Waals surface area contributed by atoms with Crippen LogP contribution in [0.3, 0.4) is 0 Å². The summed E-state index contributed by atoms with van der Waals surface area (Å²) in [4.78, 5) is 23.1. The summed E-state index contributed by atoms with van der Waals surface area (Å²) < 4.78 is 1.90. The van der Waals surface area contributed by atoms with Gasteiger partial charge >= 0.3 is 0 Å². The third kappa shape index (κ3) is 2.85. The molecule has 6 nitrogen and oxygen atoms in total. The molecular formula is C19H17N5O. The van der Waals surface area contributed by atoms with Gasteiger partial charge in [-0.1, -0.05) is 0 Å². The highest BCUT2D eigenvalue weighted by molar-refractivity contribution is 5.97. The van der Waals surface area contributed by atoms with Crippen molar-refractivity contribution in [3.63, 3.8) is 0 Å². The second kappa shape index (κ2) is 6.36. The minimum atomic E-state index is 0.0573. The van der Waals surface area contributed by atoms with E-state index in [0.29, 0.717) is 11.3 Å². The molecule has 124 valence electrons. The van der Waals surface area contributed by atoms with Gasteiger partial charge in [-0.2, -0.15) is 5.26 Å². The predicted octanol–water partition coefficient (Wildman–Crippen LogP) is 2.92. The third-order valence-electron chi connectivity index (χ3n) is 4.56. The minimum absolute atomic E-state index is 0.0573. The highest BCUT2D eigenvalue weighted by Gasteiger charge is 2.19. The topological polar surface area (TPSA) is 74.8 Å². The highest BCUT2D eigenvalue weighted by Crippen LogP contribution is 2.21. The van der Waals surface area contributed by atoms with Crippen molar-refractivity contribution < 1.29 is 4.79 Å². The van der Waals surface area contributed by atoms with E-state index in [1.807, 2.05) is 39.9 Å². The van der Waals surface area contributed by atoms with Gasteiger partial charge in [-0.15, -0.1) is 0 Å². The molecule has 0 N–H and O–H groups in total. The number of amides is 1. The molecule has 6 heteroatoms. The van der Waals surface area contributed by atoms with Crippen LogP contribution in [0.4, 0.5) is 0 Å². The molecule has 1 fully saturated rings. The Kier molecular flexibility index (Phi) is 3.90. The summed E-state index contributed by atoms with van der Waals surface area (Å²) in [5.74, 6) is 0.0573. The van der Waals surface area contributed by atoms with E-state index >= 15 is 0 Å². The third-order valence-corrected chi connectivity index (χ3v) is 4.56. The van der Waals surface area contributed by atoms with Crippen LogP contribution in [0.25, 0.3) is 16.7 Å². The normalized spacial score (nSPS) is 14.4. The lowest BCUT2D eigenvalue weighted by atomic mass is 10.1. The summed E-state index contributed by atoms with van der Waals surface area (Å²) in [7, 11) is 0. The molecule has 0 radical (unpaired) electrons. The molecule has 4 rings (SSSR count). The first-order valence-electron chi connectivity index (χ1n) is 8.39. The Morgan fingerprint density at radius 3 is 2.64 bits per heavy atom.